The zero-order valence-corrected chi connectivity index (χ0v) is 15.3. The van der Waals surface area contributed by atoms with Crippen LogP contribution in [0.25, 0.3) is 10.9 Å². The zero-order valence-electron chi connectivity index (χ0n) is 15.3. The molecule has 1 aromatic heterocycles. The maximum absolute atomic E-state index is 8.47. The Morgan fingerprint density at radius 3 is 2.58 bits per heavy atom. The molecular formula is C21H23N3O2. The highest BCUT2D eigenvalue weighted by Crippen LogP contribution is 2.24. The average Bonchev–Trinajstić information content (AvgIpc) is 2.67. The molecule has 0 aliphatic carbocycles. The largest absolute Gasteiger partial charge is 0.489 e. The normalized spacial score (nSPS) is 12.1. The number of hydrogen-bond acceptors (Lipinski definition) is 5. The predicted molar refractivity (Wildman–Crippen MR) is 103 cm³/mol. The van der Waals surface area contributed by atoms with Crippen molar-refractivity contribution >= 4 is 16.6 Å². The van der Waals surface area contributed by atoms with E-state index in [-0.39, 0.29) is 6.10 Å². The minimum absolute atomic E-state index is 0.276. The highest BCUT2D eigenvalue weighted by Gasteiger charge is 2.19. The molecule has 0 saturated carbocycles. The van der Waals surface area contributed by atoms with Gasteiger partial charge in [-0.2, -0.15) is 0 Å². The maximum atomic E-state index is 8.47. The molecule has 0 unspecified atom stereocenters. The van der Waals surface area contributed by atoms with Gasteiger partial charge in [0, 0.05) is 18.6 Å². The Kier molecular flexibility index (Phi) is 5.58. The van der Waals surface area contributed by atoms with Crippen LogP contribution in [0.1, 0.15) is 30.4 Å². The molecule has 0 aliphatic rings. The smallest absolute Gasteiger partial charge is 0.126 e. The summed E-state index contributed by atoms with van der Waals surface area (Å²) in [5.41, 5.74) is 2.88. The van der Waals surface area contributed by atoms with Crippen LogP contribution in [0, 0.1) is 12.3 Å². The number of rotatable bonds is 7. The Morgan fingerprint density at radius 2 is 1.88 bits per heavy atom. The topological polar surface area (TPSA) is 68.1 Å². The number of fused-ring (bicyclic) bond motifs is 1. The molecule has 0 amide bonds. The molecule has 26 heavy (non-hydrogen) atoms. The number of aromatic nitrogens is 2. The summed E-state index contributed by atoms with van der Waals surface area (Å²) in [6.45, 7) is 4.33. The van der Waals surface area contributed by atoms with E-state index in [4.69, 9.17) is 14.9 Å². The van der Waals surface area contributed by atoms with E-state index in [0.29, 0.717) is 23.8 Å². The van der Waals surface area contributed by atoms with Crippen LogP contribution in [0.4, 0.5) is 0 Å². The van der Waals surface area contributed by atoms with Crippen LogP contribution in [-0.4, -0.2) is 28.9 Å². The van der Waals surface area contributed by atoms with E-state index in [1.54, 1.807) is 7.11 Å². The van der Waals surface area contributed by atoms with Gasteiger partial charge in [-0.1, -0.05) is 37.3 Å². The number of aryl methyl sites for hydroxylation is 1. The first-order chi connectivity index (χ1) is 12.6. The van der Waals surface area contributed by atoms with Crippen molar-refractivity contribution in [3.8, 4) is 5.75 Å². The molecule has 0 bridgehead atoms. The van der Waals surface area contributed by atoms with Crippen molar-refractivity contribution in [3.05, 3.63) is 65.6 Å². The molecule has 1 atom stereocenters. The Labute approximate surface area is 153 Å². The fourth-order valence-electron chi connectivity index (χ4n) is 2.90. The molecule has 0 aliphatic heterocycles. The van der Waals surface area contributed by atoms with Gasteiger partial charge in [-0.15, -0.1) is 0 Å². The van der Waals surface area contributed by atoms with Gasteiger partial charge in [-0.3, -0.25) is 0 Å². The van der Waals surface area contributed by atoms with Crippen LogP contribution in [0.15, 0.2) is 48.5 Å². The molecule has 134 valence electrons. The first-order valence-electron chi connectivity index (χ1n) is 8.69. The molecule has 0 saturated heterocycles. The molecule has 5 heteroatoms. The summed E-state index contributed by atoms with van der Waals surface area (Å²) in [5, 5.41) is 9.30. The predicted octanol–water partition coefficient (Wildman–Crippen LogP) is 4.31. The first-order valence-corrected chi connectivity index (χ1v) is 8.69. The van der Waals surface area contributed by atoms with Gasteiger partial charge in [0.1, 0.15) is 24.3 Å². The van der Waals surface area contributed by atoms with Gasteiger partial charge in [-0.05, 0) is 31.0 Å². The summed E-state index contributed by atoms with van der Waals surface area (Å²) < 4.78 is 11.3. The lowest BCUT2D eigenvalue weighted by Gasteiger charge is -2.16. The lowest BCUT2D eigenvalue weighted by atomic mass is 10.0. The standard InChI is InChI=1S/C21H23N3O2/c1-4-19(25-3)20(22)21-17-11-10-16(12-18(17)23-14(2)24-21)26-13-15-8-6-5-7-9-15/h5-12,19,22H,4,13H2,1-3H3/t19-/m0/s1. The van der Waals surface area contributed by atoms with Crippen LogP contribution < -0.4 is 4.74 Å². The fraction of sp³-hybridized carbons (Fsp3) is 0.286. The van der Waals surface area contributed by atoms with Gasteiger partial charge < -0.3 is 14.9 Å². The second-order valence-electron chi connectivity index (χ2n) is 6.12. The van der Waals surface area contributed by atoms with E-state index in [2.05, 4.69) is 9.97 Å². The van der Waals surface area contributed by atoms with Crippen molar-refractivity contribution in [2.75, 3.05) is 7.11 Å². The summed E-state index contributed by atoms with van der Waals surface area (Å²) in [5.74, 6) is 1.37. The van der Waals surface area contributed by atoms with Gasteiger partial charge in [-0.25, -0.2) is 9.97 Å². The quantitative estimate of drug-likeness (QED) is 0.645. The van der Waals surface area contributed by atoms with Crippen molar-refractivity contribution in [2.24, 2.45) is 0 Å². The molecular weight excluding hydrogens is 326 g/mol. The van der Waals surface area contributed by atoms with Crippen molar-refractivity contribution in [1.82, 2.24) is 9.97 Å². The van der Waals surface area contributed by atoms with Crippen LogP contribution >= 0.6 is 0 Å². The van der Waals surface area contributed by atoms with Gasteiger partial charge in [0.25, 0.3) is 0 Å². The number of benzene rings is 2. The third-order valence-corrected chi connectivity index (χ3v) is 4.26. The average molecular weight is 349 g/mol. The molecule has 1 heterocycles. The van der Waals surface area contributed by atoms with Crippen LogP contribution in [0.3, 0.4) is 0 Å². The maximum Gasteiger partial charge on any atom is 0.126 e. The van der Waals surface area contributed by atoms with Crippen LogP contribution in [0.5, 0.6) is 5.75 Å². The van der Waals surface area contributed by atoms with Gasteiger partial charge in [0.2, 0.25) is 0 Å². The van der Waals surface area contributed by atoms with Gasteiger partial charge in [0.05, 0.1) is 16.9 Å². The fourth-order valence-corrected chi connectivity index (χ4v) is 2.90. The van der Waals surface area contributed by atoms with Crippen LogP contribution in [-0.2, 0) is 11.3 Å². The lowest BCUT2D eigenvalue weighted by molar-refractivity contribution is 0.152. The van der Waals surface area contributed by atoms with E-state index in [0.717, 1.165) is 28.6 Å². The zero-order chi connectivity index (χ0) is 18.5. The Balaban J connectivity index is 1.91. The highest BCUT2D eigenvalue weighted by atomic mass is 16.5. The van der Waals surface area contributed by atoms with E-state index in [1.807, 2.05) is 62.4 Å². The Hall–Kier alpha value is -2.79. The molecule has 5 nitrogen and oxygen atoms in total. The van der Waals surface area contributed by atoms with Crippen molar-refractivity contribution < 1.29 is 9.47 Å². The molecule has 3 rings (SSSR count). The summed E-state index contributed by atoms with van der Waals surface area (Å²) in [7, 11) is 1.62. The molecule has 0 spiro atoms. The molecule has 0 fully saturated rings. The monoisotopic (exact) mass is 349 g/mol. The summed E-state index contributed by atoms with van der Waals surface area (Å²) in [6, 6.07) is 15.7. The molecule has 3 aromatic rings. The first kappa shape index (κ1) is 18.0. The Bertz CT molecular complexity index is 906. The number of ether oxygens (including phenoxy) is 2. The number of hydrogen-bond donors (Lipinski definition) is 1. The molecule has 2 aromatic carbocycles. The number of nitrogens with one attached hydrogen (secondary N) is 1. The lowest BCUT2D eigenvalue weighted by Crippen LogP contribution is -2.24. The Morgan fingerprint density at radius 1 is 1.12 bits per heavy atom. The molecule has 0 radical (unpaired) electrons. The summed E-state index contributed by atoms with van der Waals surface area (Å²) in [4.78, 5) is 9.00. The van der Waals surface area contributed by atoms with E-state index in [1.165, 1.54) is 0 Å². The van der Waals surface area contributed by atoms with Crippen molar-refractivity contribution in [1.29, 1.82) is 5.41 Å². The van der Waals surface area contributed by atoms with Gasteiger partial charge in [0.15, 0.2) is 0 Å². The number of methoxy groups -OCH3 is 1. The third-order valence-electron chi connectivity index (χ3n) is 4.26. The SMILES string of the molecule is CC[C@H](OC)C(=N)c1nc(C)nc2cc(OCc3ccccc3)ccc12. The minimum Gasteiger partial charge on any atom is -0.489 e. The van der Waals surface area contributed by atoms with Crippen LogP contribution in [0.2, 0.25) is 0 Å². The third kappa shape index (κ3) is 3.89. The van der Waals surface area contributed by atoms with Crippen molar-refractivity contribution in [2.45, 2.75) is 33.0 Å². The van der Waals surface area contributed by atoms with E-state index in [9.17, 15) is 0 Å². The number of nitrogens with zero attached hydrogens (tertiary/aromatic N) is 2. The highest BCUT2D eigenvalue weighted by molar-refractivity contribution is 6.09. The van der Waals surface area contributed by atoms with Crippen molar-refractivity contribution in [3.63, 3.8) is 0 Å². The minimum atomic E-state index is -0.276. The van der Waals surface area contributed by atoms with Gasteiger partial charge >= 0.3 is 0 Å². The summed E-state index contributed by atoms with van der Waals surface area (Å²) in [6.07, 6.45) is 0.444. The molecule has 1 N–H and O–H groups in total. The second kappa shape index (κ2) is 8.06. The summed E-state index contributed by atoms with van der Waals surface area (Å²) >= 11 is 0. The van der Waals surface area contributed by atoms with E-state index >= 15 is 0 Å². The van der Waals surface area contributed by atoms with E-state index < -0.39 is 0 Å². The second-order valence-corrected chi connectivity index (χ2v) is 6.12.